The van der Waals surface area contributed by atoms with Crippen molar-refractivity contribution in [3.63, 3.8) is 0 Å². The van der Waals surface area contributed by atoms with Crippen molar-refractivity contribution in [3.05, 3.63) is 40.8 Å². The summed E-state index contributed by atoms with van der Waals surface area (Å²) in [6, 6.07) is 7.02. The second-order valence-corrected chi connectivity index (χ2v) is 7.02. The molecule has 0 saturated carbocycles. The van der Waals surface area contributed by atoms with Crippen LogP contribution in [0.3, 0.4) is 0 Å². The van der Waals surface area contributed by atoms with Crippen molar-refractivity contribution in [1.82, 2.24) is 4.98 Å². The van der Waals surface area contributed by atoms with Crippen LogP contribution in [0.15, 0.2) is 40.1 Å². The molecule has 4 nitrogen and oxygen atoms in total. The van der Waals surface area contributed by atoms with E-state index in [1.807, 2.05) is 11.4 Å². The summed E-state index contributed by atoms with van der Waals surface area (Å²) in [7, 11) is -3.19. The number of hydrogen-bond acceptors (Lipinski definition) is 5. The topological polar surface area (TPSA) is 59.1 Å². The summed E-state index contributed by atoms with van der Waals surface area (Å²) < 4.78 is 23.9. The molecule has 0 atom stereocenters. The summed E-state index contributed by atoms with van der Waals surface area (Å²) in [5, 5.41) is 5.17. The Hall–Kier alpha value is -1.40. The summed E-state index contributed by atoms with van der Waals surface area (Å²) in [5.74, 6) is 0.109. The van der Waals surface area contributed by atoms with Gasteiger partial charge in [0.1, 0.15) is 0 Å². The number of para-hydroxylation sites is 1. The van der Waals surface area contributed by atoms with Crippen molar-refractivity contribution in [2.24, 2.45) is 0 Å². The van der Waals surface area contributed by atoms with Gasteiger partial charge in [0.15, 0.2) is 9.84 Å². The number of nitrogens with one attached hydrogen (secondary N) is 1. The van der Waals surface area contributed by atoms with E-state index in [1.165, 1.54) is 0 Å². The largest absolute Gasteiger partial charge is 0.384 e. The van der Waals surface area contributed by atoms with Crippen LogP contribution in [0.5, 0.6) is 0 Å². The van der Waals surface area contributed by atoms with Crippen LogP contribution >= 0.6 is 11.3 Å². The van der Waals surface area contributed by atoms with E-state index in [0.717, 1.165) is 12.1 Å². The normalized spacial score (nSPS) is 11.4. The Morgan fingerprint density at radius 3 is 2.79 bits per heavy atom. The summed E-state index contributed by atoms with van der Waals surface area (Å²) in [4.78, 5) is 4.57. The Morgan fingerprint density at radius 1 is 1.32 bits per heavy atom. The van der Waals surface area contributed by atoms with Gasteiger partial charge in [0.25, 0.3) is 0 Å². The number of nitrogens with zero attached hydrogens (tertiary/aromatic N) is 1. The lowest BCUT2D eigenvalue weighted by molar-refractivity contribution is 0.597. The molecule has 0 spiro atoms. The van der Waals surface area contributed by atoms with Crippen molar-refractivity contribution >= 4 is 26.9 Å². The van der Waals surface area contributed by atoms with E-state index >= 15 is 0 Å². The van der Waals surface area contributed by atoms with Gasteiger partial charge in [-0.2, -0.15) is 0 Å². The molecule has 0 radical (unpaired) electrons. The minimum atomic E-state index is -3.19. The Labute approximate surface area is 117 Å². The highest BCUT2D eigenvalue weighted by molar-refractivity contribution is 7.91. The lowest BCUT2D eigenvalue weighted by Gasteiger charge is -2.11. The van der Waals surface area contributed by atoms with Crippen LogP contribution < -0.4 is 5.32 Å². The van der Waals surface area contributed by atoms with Gasteiger partial charge in [0, 0.05) is 18.3 Å². The summed E-state index contributed by atoms with van der Waals surface area (Å²) in [6.45, 7) is 2.32. The second-order valence-electron chi connectivity index (χ2n) is 4.06. The SMILES string of the molecule is CCS(=O)(=O)c1ccccc1NCCc1cscn1. The summed E-state index contributed by atoms with van der Waals surface area (Å²) in [6.07, 6.45) is 0.782. The molecule has 19 heavy (non-hydrogen) atoms. The van der Waals surface area contributed by atoms with E-state index < -0.39 is 9.84 Å². The van der Waals surface area contributed by atoms with Crippen molar-refractivity contribution in [2.75, 3.05) is 17.6 Å². The minimum Gasteiger partial charge on any atom is -0.384 e. The molecule has 0 aliphatic heterocycles. The minimum absolute atomic E-state index is 0.109. The predicted molar refractivity (Wildman–Crippen MR) is 78.5 cm³/mol. The standard InChI is InChI=1S/C13H16N2O2S2/c1-2-19(16,17)13-6-4-3-5-12(13)14-8-7-11-9-18-10-15-11/h3-6,9-10,14H,2,7-8H2,1H3. The van der Waals surface area contributed by atoms with Crippen molar-refractivity contribution < 1.29 is 8.42 Å². The number of benzene rings is 1. The van der Waals surface area contributed by atoms with Gasteiger partial charge in [0.2, 0.25) is 0 Å². The molecule has 0 bridgehead atoms. The van der Waals surface area contributed by atoms with Crippen LogP contribution in [0.4, 0.5) is 5.69 Å². The quantitative estimate of drug-likeness (QED) is 0.890. The van der Waals surface area contributed by atoms with Gasteiger partial charge in [0.05, 0.1) is 27.5 Å². The molecule has 0 saturated heterocycles. The van der Waals surface area contributed by atoms with Crippen molar-refractivity contribution in [1.29, 1.82) is 0 Å². The van der Waals surface area contributed by atoms with Crippen LogP contribution in [0, 0.1) is 0 Å². The van der Waals surface area contributed by atoms with Crippen LogP contribution in [0.1, 0.15) is 12.6 Å². The first-order valence-electron chi connectivity index (χ1n) is 6.06. The maximum Gasteiger partial charge on any atom is 0.180 e. The third kappa shape index (κ3) is 3.54. The van der Waals surface area contributed by atoms with Gasteiger partial charge in [-0.1, -0.05) is 19.1 Å². The maximum absolute atomic E-state index is 12.0. The fourth-order valence-corrected chi connectivity index (χ4v) is 3.39. The molecule has 0 aliphatic rings. The first-order chi connectivity index (χ1) is 9.13. The monoisotopic (exact) mass is 296 g/mol. The van der Waals surface area contributed by atoms with E-state index in [0.29, 0.717) is 17.1 Å². The highest BCUT2D eigenvalue weighted by Crippen LogP contribution is 2.21. The Balaban J connectivity index is 2.08. The van der Waals surface area contributed by atoms with Crippen molar-refractivity contribution in [3.8, 4) is 0 Å². The molecule has 1 aromatic carbocycles. The van der Waals surface area contributed by atoms with Gasteiger partial charge >= 0.3 is 0 Å². The summed E-state index contributed by atoms with van der Waals surface area (Å²) >= 11 is 1.56. The van der Waals surface area contributed by atoms with Crippen LogP contribution in [0.25, 0.3) is 0 Å². The molecule has 0 fully saturated rings. The fraction of sp³-hybridized carbons (Fsp3) is 0.308. The average molecular weight is 296 g/mol. The molecular weight excluding hydrogens is 280 g/mol. The van der Waals surface area contributed by atoms with E-state index in [9.17, 15) is 8.42 Å². The molecule has 1 aromatic heterocycles. The Morgan fingerprint density at radius 2 is 2.11 bits per heavy atom. The Bertz CT molecular complexity index is 622. The molecule has 0 aliphatic carbocycles. The highest BCUT2D eigenvalue weighted by Gasteiger charge is 2.15. The zero-order chi connectivity index (χ0) is 13.7. The molecule has 1 heterocycles. The van der Waals surface area contributed by atoms with E-state index in [-0.39, 0.29) is 5.75 Å². The third-order valence-corrected chi connectivity index (χ3v) is 5.20. The van der Waals surface area contributed by atoms with E-state index in [2.05, 4.69) is 10.3 Å². The molecule has 2 rings (SSSR count). The number of aromatic nitrogens is 1. The predicted octanol–water partition coefficient (Wildman–Crippen LogP) is 2.59. The average Bonchev–Trinajstić information content (AvgIpc) is 2.92. The van der Waals surface area contributed by atoms with Crippen LogP contribution in [-0.4, -0.2) is 25.7 Å². The molecule has 0 amide bonds. The van der Waals surface area contributed by atoms with Gasteiger partial charge in [-0.3, -0.25) is 0 Å². The Kier molecular flexibility index (Phi) is 4.55. The highest BCUT2D eigenvalue weighted by atomic mass is 32.2. The molecule has 102 valence electrons. The van der Waals surface area contributed by atoms with Gasteiger partial charge in [-0.05, 0) is 12.1 Å². The van der Waals surface area contributed by atoms with Gasteiger partial charge in [-0.15, -0.1) is 11.3 Å². The molecule has 1 N–H and O–H groups in total. The fourth-order valence-electron chi connectivity index (χ4n) is 1.73. The molecular formula is C13H16N2O2S2. The van der Waals surface area contributed by atoms with E-state index in [4.69, 9.17) is 0 Å². The van der Waals surface area contributed by atoms with Gasteiger partial charge in [-0.25, -0.2) is 13.4 Å². The molecule has 2 aromatic rings. The maximum atomic E-state index is 12.0. The number of rotatable bonds is 6. The zero-order valence-corrected chi connectivity index (χ0v) is 12.3. The summed E-state index contributed by atoms with van der Waals surface area (Å²) in [5.41, 5.74) is 3.48. The number of thiazole rings is 1. The number of anilines is 1. The second kappa shape index (κ2) is 6.16. The number of hydrogen-bond donors (Lipinski definition) is 1. The smallest absolute Gasteiger partial charge is 0.180 e. The first kappa shape index (κ1) is 14.0. The van der Waals surface area contributed by atoms with Crippen molar-refractivity contribution in [2.45, 2.75) is 18.2 Å². The molecule has 6 heteroatoms. The molecule has 0 unspecified atom stereocenters. The lowest BCUT2D eigenvalue weighted by atomic mass is 10.3. The van der Waals surface area contributed by atoms with Crippen LogP contribution in [-0.2, 0) is 16.3 Å². The van der Waals surface area contributed by atoms with Gasteiger partial charge < -0.3 is 5.32 Å². The van der Waals surface area contributed by atoms with E-state index in [1.54, 1.807) is 42.0 Å². The first-order valence-corrected chi connectivity index (χ1v) is 8.65. The number of sulfone groups is 1. The lowest BCUT2D eigenvalue weighted by Crippen LogP contribution is -2.11. The van der Waals surface area contributed by atoms with Crippen LogP contribution in [0.2, 0.25) is 0 Å². The third-order valence-electron chi connectivity index (χ3n) is 2.78. The zero-order valence-electron chi connectivity index (χ0n) is 10.7.